The fourth-order valence-corrected chi connectivity index (χ4v) is 2.94. The first-order valence-electron chi connectivity index (χ1n) is 7.63. The monoisotopic (exact) mass is 289 g/mol. The quantitative estimate of drug-likeness (QED) is 0.906. The van der Waals surface area contributed by atoms with Gasteiger partial charge in [0.1, 0.15) is 6.04 Å². The predicted octanol–water partition coefficient (Wildman–Crippen LogP) is 2.50. The van der Waals surface area contributed by atoms with Gasteiger partial charge in [-0.15, -0.1) is 0 Å². The number of aryl methyl sites for hydroxylation is 2. The minimum absolute atomic E-state index is 0.0373. The van der Waals surface area contributed by atoms with Crippen molar-refractivity contribution in [2.75, 3.05) is 6.54 Å². The topological polar surface area (TPSA) is 57.6 Å². The Morgan fingerprint density at radius 2 is 1.86 bits per heavy atom. The molecule has 1 aliphatic heterocycles. The SMILES string of the molecule is CCc1ccc(CCC(=O)N2CCC(C)C2C(=O)O)cc1. The molecular formula is C17H23NO3. The van der Waals surface area contributed by atoms with Gasteiger partial charge in [-0.1, -0.05) is 38.1 Å². The molecule has 0 bridgehead atoms. The Kier molecular flexibility index (Phi) is 4.99. The zero-order chi connectivity index (χ0) is 15.4. The van der Waals surface area contributed by atoms with Crippen LogP contribution in [0, 0.1) is 5.92 Å². The van der Waals surface area contributed by atoms with E-state index < -0.39 is 12.0 Å². The molecule has 0 aromatic heterocycles. The van der Waals surface area contributed by atoms with Crippen molar-refractivity contribution in [3.05, 3.63) is 35.4 Å². The summed E-state index contributed by atoms with van der Waals surface area (Å²) in [5.74, 6) is -0.901. The van der Waals surface area contributed by atoms with Crippen molar-refractivity contribution >= 4 is 11.9 Å². The summed E-state index contributed by atoms with van der Waals surface area (Å²) in [6.07, 6.45) is 2.82. The second-order valence-electron chi connectivity index (χ2n) is 5.81. The summed E-state index contributed by atoms with van der Waals surface area (Å²) in [5, 5.41) is 9.25. The fraction of sp³-hybridized carbons (Fsp3) is 0.529. The van der Waals surface area contributed by atoms with Crippen LogP contribution in [0.4, 0.5) is 0 Å². The van der Waals surface area contributed by atoms with E-state index in [1.54, 1.807) is 0 Å². The van der Waals surface area contributed by atoms with Crippen LogP contribution in [0.25, 0.3) is 0 Å². The standard InChI is InChI=1S/C17H23NO3/c1-3-13-4-6-14(7-5-13)8-9-15(19)18-11-10-12(2)16(18)17(20)21/h4-7,12,16H,3,8-11H2,1-2H3,(H,20,21). The van der Waals surface area contributed by atoms with Crippen LogP contribution in [0.1, 0.15) is 37.8 Å². The predicted molar refractivity (Wildman–Crippen MR) is 81.1 cm³/mol. The van der Waals surface area contributed by atoms with Crippen LogP contribution in [0.2, 0.25) is 0 Å². The zero-order valence-corrected chi connectivity index (χ0v) is 12.7. The molecule has 0 spiro atoms. The second kappa shape index (κ2) is 6.74. The van der Waals surface area contributed by atoms with Gasteiger partial charge in [0.25, 0.3) is 0 Å². The Morgan fingerprint density at radius 3 is 2.43 bits per heavy atom. The summed E-state index contributed by atoms with van der Waals surface area (Å²) in [7, 11) is 0. The number of rotatable bonds is 5. The Bertz CT molecular complexity index is 509. The van der Waals surface area contributed by atoms with E-state index in [-0.39, 0.29) is 11.8 Å². The van der Waals surface area contributed by atoms with E-state index >= 15 is 0 Å². The van der Waals surface area contributed by atoms with Gasteiger partial charge in [-0.3, -0.25) is 4.79 Å². The molecule has 0 aliphatic carbocycles. The van der Waals surface area contributed by atoms with E-state index in [4.69, 9.17) is 0 Å². The summed E-state index contributed by atoms with van der Waals surface area (Å²) in [4.78, 5) is 25.1. The van der Waals surface area contributed by atoms with Gasteiger partial charge in [-0.25, -0.2) is 4.79 Å². The van der Waals surface area contributed by atoms with Crippen molar-refractivity contribution in [2.24, 2.45) is 5.92 Å². The van der Waals surface area contributed by atoms with Crippen molar-refractivity contribution in [3.63, 3.8) is 0 Å². The first-order chi connectivity index (χ1) is 10.0. The number of likely N-dealkylation sites (tertiary alicyclic amines) is 1. The minimum Gasteiger partial charge on any atom is -0.480 e. The molecule has 0 radical (unpaired) electrons. The number of hydrogen-bond acceptors (Lipinski definition) is 2. The fourth-order valence-electron chi connectivity index (χ4n) is 2.94. The van der Waals surface area contributed by atoms with E-state index in [1.165, 1.54) is 10.5 Å². The third kappa shape index (κ3) is 3.63. The van der Waals surface area contributed by atoms with Crippen molar-refractivity contribution in [3.8, 4) is 0 Å². The third-order valence-electron chi connectivity index (χ3n) is 4.33. The molecule has 1 heterocycles. The van der Waals surface area contributed by atoms with Gasteiger partial charge in [0.15, 0.2) is 0 Å². The van der Waals surface area contributed by atoms with Crippen LogP contribution in [0.15, 0.2) is 24.3 Å². The zero-order valence-electron chi connectivity index (χ0n) is 12.7. The van der Waals surface area contributed by atoms with Crippen molar-refractivity contribution < 1.29 is 14.7 Å². The van der Waals surface area contributed by atoms with Gasteiger partial charge in [0, 0.05) is 13.0 Å². The molecule has 21 heavy (non-hydrogen) atoms. The smallest absolute Gasteiger partial charge is 0.326 e. The van der Waals surface area contributed by atoms with Crippen LogP contribution in [-0.4, -0.2) is 34.5 Å². The number of carboxylic acid groups (broad SMARTS) is 1. The van der Waals surface area contributed by atoms with E-state index in [0.29, 0.717) is 19.4 Å². The van der Waals surface area contributed by atoms with E-state index in [1.807, 2.05) is 19.1 Å². The number of aliphatic carboxylic acids is 1. The summed E-state index contributed by atoms with van der Waals surface area (Å²) < 4.78 is 0. The Hall–Kier alpha value is -1.84. The molecule has 0 saturated carbocycles. The average molecular weight is 289 g/mol. The van der Waals surface area contributed by atoms with Gasteiger partial charge >= 0.3 is 5.97 Å². The lowest BCUT2D eigenvalue weighted by atomic mass is 10.0. The molecule has 1 N–H and O–H groups in total. The number of nitrogens with zero attached hydrogens (tertiary/aromatic N) is 1. The number of carbonyl (C=O) groups excluding carboxylic acids is 1. The highest BCUT2D eigenvalue weighted by Crippen LogP contribution is 2.25. The number of amides is 1. The van der Waals surface area contributed by atoms with Crippen LogP contribution < -0.4 is 0 Å². The lowest BCUT2D eigenvalue weighted by molar-refractivity contribution is -0.149. The normalized spacial score (nSPS) is 21.5. The Morgan fingerprint density at radius 1 is 1.24 bits per heavy atom. The first-order valence-corrected chi connectivity index (χ1v) is 7.63. The van der Waals surface area contributed by atoms with E-state index in [0.717, 1.165) is 18.4 Å². The molecule has 1 aliphatic rings. The highest BCUT2D eigenvalue weighted by Gasteiger charge is 2.38. The van der Waals surface area contributed by atoms with Crippen LogP contribution in [0.5, 0.6) is 0 Å². The Labute approximate surface area is 125 Å². The molecule has 1 aromatic rings. The van der Waals surface area contributed by atoms with Gasteiger partial charge in [0.05, 0.1) is 0 Å². The summed E-state index contributed by atoms with van der Waals surface area (Å²) in [5.41, 5.74) is 2.41. The Balaban J connectivity index is 1.93. The highest BCUT2D eigenvalue weighted by atomic mass is 16.4. The lowest BCUT2D eigenvalue weighted by Gasteiger charge is -2.23. The molecule has 114 valence electrons. The average Bonchev–Trinajstić information content (AvgIpc) is 2.87. The molecule has 1 saturated heterocycles. The maximum atomic E-state index is 12.3. The van der Waals surface area contributed by atoms with Gasteiger partial charge in [-0.2, -0.15) is 0 Å². The maximum Gasteiger partial charge on any atom is 0.326 e. The molecule has 1 aromatic carbocycles. The molecule has 4 heteroatoms. The van der Waals surface area contributed by atoms with Gasteiger partial charge in [0.2, 0.25) is 5.91 Å². The van der Waals surface area contributed by atoms with Crippen LogP contribution >= 0.6 is 0 Å². The second-order valence-corrected chi connectivity index (χ2v) is 5.81. The molecule has 4 nitrogen and oxygen atoms in total. The molecule has 1 amide bonds. The largest absolute Gasteiger partial charge is 0.480 e. The van der Waals surface area contributed by atoms with Gasteiger partial charge in [-0.05, 0) is 36.3 Å². The number of hydrogen-bond donors (Lipinski definition) is 1. The van der Waals surface area contributed by atoms with Crippen molar-refractivity contribution in [2.45, 2.75) is 45.6 Å². The molecule has 2 unspecified atom stereocenters. The highest BCUT2D eigenvalue weighted by molar-refractivity contribution is 5.84. The lowest BCUT2D eigenvalue weighted by Crippen LogP contribution is -2.42. The van der Waals surface area contributed by atoms with E-state index in [9.17, 15) is 14.7 Å². The minimum atomic E-state index is -0.888. The third-order valence-corrected chi connectivity index (χ3v) is 4.33. The van der Waals surface area contributed by atoms with Crippen LogP contribution in [-0.2, 0) is 22.4 Å². The summed E-state index contributed by atoms with van der Waals surface area (Å²) >= 11 is 0. The summed E-state index contributed by atoms with van der Waals surface area (Å²) in [6, 6.07) is 7.61. The molecule has 2 atom stereocenters. The molecular weight excluding hydrogens is 266 g/mol. The molecule has 2 rings (SSSR count). The summed E-state index contributed by atoms with van der Waals surface area (Å²) in [6.45, 7) is 4.57. The molecule has 1 fully saturated rings. The van der Waals surface area contributed by atoms with Crippen molar-refractivity contribution in [1.82, 2.24) is 4.90 Å². The number of benzene rings is 1. The number of carboxylic acids is 1. The van der Waals surface area contributed by atoms with Crippen molar-refractivity contribution in [1.29, 1.82) is 0 Å². The maximum absolute atomic E-state index is 12.3. The van der Waals surface area contributed by atoms with E-state index in [2.05, 4.69) is 19.1 Å². The first kappa shape index (κ1) is 15.5. The van der Waals surface area contributed by atoms with Gasteiger partial charge < -0.3 is 10.0 Å². The number of carbonyl (C=O) groups is 2. The van der Waals surface area contributed by atoms with Crippen LogP contribution in [0.3, 0.4) is 0 Å².